The topological polar surface area (TPSA) is 56.0 Å². The first-order valence-electron chi connectivity index (χ1n) is 6.21. The largest absolute Gasteiger partial charge is 0.508 e. The smallest absolute Gasteiger partial charge is 0.120 e. The van der Waals surface area contributed by atoms with E-state index in [-0.39, 0.29) is 6.04 Å². The van der Waals surface area contributed by atoms with E-state index in [9.17, 15) is 5.11 Å². The zero-order chi connectivity index (χ0) is 13.7. The van der Waals surface area contributed by atoms with Crippen LogP contribution in [0.3, 0.4) is 0 Å². The van der Waals surface area contributed by atoms with E-state index < -0.39 is 0 Å². The van der Waals surface area contributed by atoms with Gasteiger partial charge in [-0.1, -0.05) is 30.3 Å². The second kappa shape index (κ2) is 6.03. The molecular formula is C16H16N2O. The van der Waals surface area contributed by atoms with Gasteiger partial charge in [-0.15, -0.1) is 0 Å². The van der Waals surface area contributed by atoms with Gasteiger partial charge in [0.15, 0.2) is 0 Å². The summed E-state index contributed by atoms with van der Waals surface area (Å²) >= 11 is 0. The third-order valence-corrected chi connectivity index (χ3v) is 3.07. The number of hydrogen-bond donors (Lipinski definition) is 2. The minimum absolute atomic E-state index is 0.0481. The highest BCUT2D eigenvalue weighted by Gasteiger charge is 2.08. The Kier molecular flexibility index (Phi) is 4.17. The normalized spacial score (nSPS) is 11.8. The highest BCUT2D eigenvalue weighted by molar-refractivity contribution is 5.35. The molecule has 2 rings (SSSR count). The van der Waals surface area contributed by atoms with Crippen molar-refractivity contribution in [1.29, 1.82) is 5.26 Å². The number of nitrogens with zero attached hydrogens (tertiary/aromatic N) is 1. The fourth-order valence-electron chi connectivity index (χ4n) is 1.99. The van der Waals surface area contributed by atoms with Crippen molar-refractivity contribution in [1.82, 2.24) is 5.32 Å². The van der Waals surface area contributed by atoms with Crippen LogP contribution in [0.5, 0.6) is 5.75 Å². The Morgan fingerprint density at radius 2 is 2.00 bits per heavy atom. The van der Waals surface area contributed by atoms with Crippen molar-refractivity contribution < 1.29 is 5.11 Å². The molecule has 0 spiro atoms. The zero-order valence-corrected chi connectivity index (χ0v) is 10.8. The van der Waals surface area contributed by atoms with Crippen molar-refractivity contribution >= 4 is 0 Å². The number of phenols is 1. The summed E-state index contributed by atoms with van der Waals surface area (Å²) in [5.41, 5.74) is 2.59. The number of nitrogens with one attached hydrogen (secondary N) is 1. The van der Waals surface area contributed by atoms with Crippen LogP contribution in [0.15, 0.2) is 48.5 Å². The third-order valence-electron chi connectivity index (χ3n) is 3.07. The van der Waals surface area contributed by atoms with Gasteiger partial charge in [0.2, 0.25) is 0 Å². The SMILES string of the molecule is CC(NCc1cccc(C#N)c1)c1ccccc1O. The maximum absolute atomic E-state index is 9.78. The number of rotatable bonds is 4. The quantitative estimate of drug-likeness (QED) is 0.879. The van der Waals surface area contributed by atoms with E-state index in [0.717, 1.165) is 11.1 Å². The molecular weight excluding hydrogens is 236 g/mol. The van der Waals surface area contributed by atoms with Crippen molar-refractivity contribution in [2.24, 2.45) is 0 Å². The van der Waals surface area contributed by atoms with E-state index in [4.69, 9.17) is 5.26 Å². The van der Waals surface area contributed by atoms with Crippen molar-refractivity contribution in [3.05, 3.63) is 65.2 Å². The number of phenolic OH excluding ortho intramolecular Hbond substituents is 1. The van der Waals surface area contributed by atoms with E-state index >= 15 is 0 Å². The average molecular weight is 252 g/mol. The molecule has 3 heteroatoms. The Hall–Kier alpha value is -2.31. The van der Waals surface area contributed by atoms with Crippen LogP contribution in [-0.2, 0) is 6.54 Å². The first-order chi connectivity index (χ1) is 9.20. The molecule has 3 nitrogen and oxygen atoms in total. The highest BCUT2D eigenvalue weighted by atomic mass is 16.3. The molecule has 1 atom stereocenters. The van der Waals surface area contributed by atoms with E-state index in [1.165, 1.54) is 0 Å². The van der Waals surface area contributed by atoms with Gasteiger partial charge in [-0.25, -0.2) is 0 Å². The van der Waals surface area contributed by atoms with Crippen LogP contribution < -0.4 is 5.32 Å². The van der Waals surface area contributed by atoms with E-state index in [1.54, 1.807) is 12.1 Å². The Morgan fingerprint density at radius 3 is 2.74 bits per heavy atom. The second-order valence-electron chi connectivity index (χ2n) is 4.47. The van der Waals surface area contributed by atoms with E-state index in [1.807, 2.05) is 43.3 Å². The van der Waals surface area contributed by atoms with Gasteiger partial charge < -0.3 is 10.4 Å². The van der Waals surface area contributed by atoms with Crippen LogP contribution in [0.1, 0.15) is 29.7 Å². The molecule has 0 aliphatic heterocycles. The lowest BCUT2D eigenvalue weighted by atomic mass is 10.1. The van der Waals surface area contributed by atoms with Gasteiger partial charge in [-0.2, -0.15) is 5.26 Å². The Morgan fingerprint density at radius 1 is 1.21 bits per heavy atom. The summed E-state index contributed by atoms with van der Waals surface area (Å²) in [5.74, 6) is 0.299. The number of aromatic hydroxyl groups is 1. The van der Waals surface area contributed by atoms with Crippen molar-refractivity contribution in [2.75, 3.05) is 0 Å². The van der Waals surface area contributed by atoms with Gasteiger partial charge in [0.05, 0.1) is 11.6 Å². The van der Waals surface area contributed by atoms with Crippen LogP contribution in [0, 0.1) is 11.3 Å². The highest BCUT2D eigenvalue weighted by Crippen LogP contribution is 2.23. The monoisotopic (exact) mass is 252 g/mol. The molecule has 0 aromatic heterocycles. The number of para-hydroxylation sites is 1. The Balaban J connectivity index is 2.03. The lowest BCUT2D eigenvalue weighted by molar-refractivity contribution is 0.452. The number of hydrogen-bond acceptors (Lipinski definition) is 3. The predicted molar refractivity (Wildman–Crippen MR) is 74.5 cm³/mol. The molecule has 1 unspecified atom stereocenters. The molecule has 2 aromatic rings. The van der Waals surface area contributed by atoms with Crippen LogP contribution in [0.2, 0.25) is 0 Å². The summed E-state index contributed by atoms with van der Waals surface area (Å²) in [6.07, 6.45) is 0. The standard InChI is InChI=1S/C16H16N2O/c1-12(15-7-2-3-8-16(15)19)18-11-14-6-4-5-13(9-14)10-17/h2-9,12,18-19H,11H2,1H3. The van der Waals surface area contributed by atoms with E-state index in [0.29, 0.717) is 17.9 Å². The molecule has 0 amide bonds. The molecule has 0 saturated carbocycles. The minimum Gasteiger partial charge on any atom is -0.508 e. The third kappa shape index (κ3) is 3.34. The molecule has 0 aliphatic carbocycles. The maximum Gasteiger partial charge on any atom is 0.120 e. The molecule has 2 aromatic carbocycles. The predicted octanol–water partition coefficient (Wildman–Crippen LogP) is 3.11. The average Bonchev–Trinajstić information content (AvgIpc) is 2.45. The first kappa shape index (κ1) is 13.1. The van der Waals surface area contributed by atoms with Crippen LogP contribution in [0.4, 0.5) is 0 Å². The summed E-state index contributed by atoms with van der Waals surface area (Å²) in [5, 5.41) is 22.0. The van der Waals surface area contributed by atoms with Crippen LogP contribution in [-0.4, -0.2) is 5.11 Å². The molecule has 0 saturated heterocycles. The lowest BCUT2D eigenvalue weighted by Gasteiger charge is -2.15. The van der Waals surface area contributed by atoms with E-state index in [2.05, 4.69) is 11.4 Å². The fraction of sp³-hybridized carbons (Fsp3) is 0.188. The van der Waals surface area contributed by atoms with Crippen molar-refractivity contribution in [2.45, 2.75) is 19.5 Å². The molecule has 96 valence electrons. The first-order valence-corrected chi connectivity index (χ1v) is 6.21. The molecule has 19 heavy (non-hydrogen) atoms. The number of benzene rings is 2. The summed E-state index contributed by atoms with van der Waals surface area (Å²) in [6.45, 7) is 2.66. The summed E-state index contributed by atoms with van der Waals surface area (Å²) < 4.78 is 0. The molecule has 0 heterocycles. The Labute approximate surface area is 113 Å². The maximum atomic E-state index is 9.78. The molecule has 0 radical (unpaired) electrons. The minimum atomic E-state index is 0.0481. The van der Waals surface area contributed by atoms with Gasteiger partial charge >= 0.3 is 0 Å². The molecule has 0 bridgehead atoms. The van der Waals surface area contributed by atoms with Gasteiger partial charge in [0.25, 0.3) is 0 Å². The van der Waals surface area contributed by atoms with Crippen molar-refractivity contribution in [3.8, 4) is 11.8 Å². The van der Waals surface area contributed by atoms with Gasteiger partial charge in [-0.05, 0) is 30.7 Å². The summed E-state index contributed by atoms with van der Waals surface area (Å²) in [7, 11) is 0. The lowest BCUT2D eigenvalue weighted by Crippen LogP contribution is -2.18. The number of nitriles is 1. The Bertz CT molecular complexity index is 602. The second-order valence-corrected chi connectivity index (χ2v) is 4.47. The fourth-order valence-corrected chi connectivity index (χ4v) is 1.99. The zero-order valence-electron chi connectivity index (χ0n) is 10.8. The van der Waals surface area contributed by atoms with Crippen molar-refractivity contribution in [3.63, 3.8) is 0 Å². The molecule has 2 N–H and O–H groups in total. The van der Waals surface area contributed by atoms with Crippen LogP contribution in [0.25, 0.3) is 0 Å². The summed E-state index contributed by atoms with van der Waals surface area (Å²) in [4.78, 5) is 0. The molecule has 0 aliphatic rings. The van der Waals surface area contributed by atoms with Gasteiger partial charge in [-0.3, -0.25) is 0 Å². The summed E-state index contributed by atoms with van der Waals surface area (Å²) in [6, 6.07) is 17.0. The van der Waals surface area contributed by atoms with Gasteiger partial charge in [0, 0.05) is 18.2 Å². The molecule has 0 fully saturated rings. The van der Waals surface area contributed by atoms with Gasteiger partial charge in [0.1, 0.15) is 5.75 Å². The van der Waals surface area contributed by atoms with Crippen LogP contribution >= 0.6 is 0 Å².